The molecule has 0 saturated heterocycles. The minimum absolute atomic E-state index is 0.0842. The first kappa shape index (κ1) is 15.5. The minimum Gasteiger partial charge on any atom is -0.492 e. The molecule has 1 atom stereocenters. The highest BCUT2D eigenvalue weighted by molar-refractivity contribution is 5.39. The van der Waals surface area contributed by atoms with Gasteiger partial charge in [-0.15, -0.1) is 0 Å². The van der Waals surface area contributed by atoms with Crippen molar-refractivity contribution in [3.8, 4) is 11.8 Å². The lowest BCUT2D eigenvalue weighted by molar-refractivity contribution is 0.153. The van der Waals surface area contributed by atoms with Crippen molar-refractivity contribution in [1.82, 2.24) is 5.32 Å². The third-order valence-corrected chi connectivity index (χ3v) is 4.44. The number of ether oxygens (including phenoxy) is 1. The summed E-state index contributed by atoms with van der Waals surface area (Å²) in [5.41, 5.74) is 2.77. The van der Waals surface area contributed by atoms with E-state index in [2.05, 4.69) is 23.5 Å². The second kappa shape index (κ2) is 6.82. The maximum atomic E-state index is 9.90. The van der Waals surface area contributed by atoms with E-state index < -0.39 is 0 Å². The third-order valence-electron chi connectivity index (χ3n) is 4.44. The molecule has 2 aromatic carbocycles. The number of fused-ring (bicyclic) bond motifs is 1. The van der Waals surface area contributed by atoms with Crippen molar-refractivity contribution in [1.29, 1.82) is 5.26 Å². The lowest BCUT2D eigenvalue weighted by Crippen LogP contribution is -2.45. The number of nitriles is 1. The molecule has 1 aliphatic carbocycles. The summed E-state index contributed by atoms with van der Waals surface area (Å²) >= 11 is 0. The van der Waals surface area contributed by atoms with Crippen LogP contribution in [0.3, 0.4) is 0 Å². The van der Waals surface area contributed by atoms with E-state index in [4.69, 9.17) is 10.00 Å². The molecule has 0 spiro atoms. The van der Waals surface area contributed by atoms with E-state index in [1.54, 1.807) is 24.3 Å². The van der Waals surface area contributed by atoms with Crippen LogP contribution in [0, 0.1) is 11.3 Å². The van der Waals surface area contributed by atoms with Crippen LogP contribution in [0.4, 0.5) is 0 Å². The van der Waals surface area contributed by atoms with E-state index in [0.717, 1.165) is 18.6 Å². The monoisotopic (exact) mass is 308 g/mol. The maximum Gasteiger partial charge on any atom is 0.119 e. The van der Waals surface area contributed by atoms with Gasteiger partial charge in [-0.1, -0.05) is 24.3 Å². The van der Waals surface area contributed by atoms with Gasteiger partial charge < -0.3 is 15.2 Å². The smallest absolute Gasteiger partial charge is 0.119 e. The summed E-state index contributed by atoms with van der Waals surface area (Å²) in [7, 11) is 0. The van der Waals surface area contributed by atoms with Crippen LogP contribution in [0.15, 0.2) is 48.5 Å². The van der Waals surface area contributed by atoms with Crippen LogP contribution < -0.4 is 10.1 Å². The number of hydrogen-bond donors (Lipinski definition) is 2. The van der Waals surface area contributed by atoms with Crippen LogP contribution >= 0.6 is 0 Å². The molecular formula is C19H20N2O2. The molecule has 0 radical (unpaired) electrons. The first-order chi connectivity index (χ1) is 11.3. The molecular weight excluding hydrogens is 288 g/mol. The zero-order valence-corrected chi connectivity index (χ0v) is 13.0. The predicted octanol–water partition coefficient (Wildman–Crippen LogP) is 2.36. The first-order valence-corrected chi connectivity index (χ1v) is 7.85. The number of nitrogens with one attached hydrogen (secondary N) is 1. The molecule has 0 bridgehead atoms. The molecule has 0 aliphatic heterocycles. The third kappa shape index (κ3) is 3.21. The Kier molecular flexibility index (Phi) is 4.61. The Labute approximate surface area is 136 Å². The Morgan fingerprint density at radius 1 is 1.17 bits per heavy atom. The van der Waals surface area contributed by atoms with Crippen LogP contribution in [0.2, 0.25) is 0 Å². The van der Waals surface area contributed by atoms with Crippen molar-refractivity contribution in [2.24, 2.45) is 0 Å². The molecule has 1 aliphatic rings. The largest absolute Gasteiger partial charge is 0.492 e. The van der Waals surface area contributed by atoms with E-state index in [-0.39, 0.29) is 12.1 Å². The molecule has 118 valence electrons. The highest BCUT2D eigenvalue weighted by atomic mass is 16.5. The molecule has 4 heteroatoms. The number of nitrogens with zero attached hydrogens (tertiary/aromatic N) is 1. The van der Waals surface area contributed by atoms with E-state index >= 15 is 0 Å². The fraction of sp³-hybridized carbons (Fsp3) is 0.316. The number of aliphatic hydroxyl groups is 1. The van der Waals surface area contributed by atoms with E-state index in [1.807, 2.05) is 12.1 Å². The standard InChI is InChI=1S/C19H20N2O2/c20-13-15-5-7-17(8-6-15)23-12-11-21-19(14-22)10-9-16-3-1-2-4-18(16)19/h1-8,21-22H,9-12,14H2/t19-/m1/s1. The Hall–Kier alpha value is -2.35. The molecule has 0 fully saturated rings. The topological polar surface area (TPSA) is 65.3 Å². The van der Waals surface area contributed by atoms with Gasteiger partial charge in [-0.2, -0.15) is 5.26 Å². The molecule has 0 aromatic heterocycles. The average Bonchev–Trinajstić information content (AvgIpc) is 2.99. The van der Waals surface area contributed by atoms with Gasteiger partial charge in [-0.3, -0.25) is 0 Å². The van der Waals surface area contributed by atoms with Gasteiger partial charge in [-0.25, -0.2) is 0 Å². The van der Waals surface area contributed by atoms with Crippen molar-refractivity contribution >= 4 is 0 Å². The molecule has 4 nitrogen and oxygen atoms in total. The number of rotatable bonds is 6. The normalized spacial score (nSPS) is 19.1. The summed E-state index contributed by atoms with van der Waals surface area (Å²) in [6, 6.07) is 17.4. The number of benzene rings is 2. The Morgan fingerprint density at radius 2 is 1.96 bits per heavy atom. The van der Waals surface area contributed by atoms with Gasteiger partial charge in [0.25, 0.3) is 0 Å². The predicted molar refractivity (Wildman–Crippen MR) is 88.2 cm³/mol. The van der Waals surface area contributed by atoms with Crippen LogP contribution in [0.5, 0.6) is 5.75 Å². The Balaban J connectivity index is 1.56. The van der Waals surface area contributed by atoms with Crippen LogP contribution in [0.1, 0.15) is 23.1 Å². The summed E-state index contributed by atoms with van der Waals surface area (Å²) in [4.78, 5) is 0. The molecule has 0 amide bonds. The van der Waals surface area contributed by atoms with E-state index in [9.17, 15) is 5.11 Å². The number of hydrogen-bond acceptors (Lipinski definition) is 4. The molecule has 0 saturated carbocycles. The Morgan fingerprint density at radius 3 is 2.70 bits per heavy atom. The van der Waals surface area contributed by atoms with Crippen LogP contribution in [-0.2, 0) is 12.0 Å². The molecule has 2 aromatic rings. The van der Waals surface area contributed by atoms with Crippen LogP contribution in [-0.4, -0.2) is 24.9 Å². The molecule has 3 rings (SSSR count). The first-order valence-electron chi connectivity index (χ1n) is 7.85. The molecule has 2 N–H and O–H groups in total. The number of aliphatic hydroxyl groups excluding tert-OH is 1. The fourth-order valence-corrected chi connectivity index (χ4v) is 3.18. The fourth-order valence-electron chi connectivity index (χ4n) is 3.18. The van der Waals surface area contributed by atoms with Crippen molar-refractivity contribution in [3.63, 3.8) is 0 Å². The van der Waals surface area contributed by atoms with Gasteiger partial charge >= 0.3 is 0 Å². The van der Waals surface area contributed by atoms with Crippen molar-refractivity contribution < 1.29 is 9.84 Å². The van der Waals surface area contributed by atoms with Gasteiger partial charge in [0, 0.05) is 6.54 Å². The number of aryl methyl sites for hydroxylation is 1. The zero-order chi connectivity index (χ0) is 16.1. The highest BCUT2D eigenvalue weighted by Gasteiger charge is 2.37. The average molecular weight is 308 g/mol. The molecule has 0 heterocycles. The van der Waals surface area contributed by atoms with Crippen LogP contribution in [0.25, 0.3) is 0 Å². The zero-order valence-electron chi connectivity index (χ0n) is 13.0. The van der Waals surface area contributed by atoms with Crippen molar-refractivity contribution in [2.45, 2.75) is 18.4 Å². The second-order valence-corrected chi connectivity index (χ2v) is 5.81. The van der Waals surface area contributed by atoms with E-state index in [1.165, 1.54) is 11.1 Å². The van der Waals surface area contributed by atoms with Gasteiger partial charge in [0.1, 0.15) is 12.4 Å². The summed E-state index contributed by atoms with van der Waals surface area (Å²) in [6.45, 7) is 1.24. The minimum atomic E-state index is -0.357. The summed E-state index contributed by atoms with van der Waals surface area (Å²) in [6.07, 6.45) is 1.89. The van der Waals surface area contributed by atoms with Gasteiger partial charge in [0.2, 0.25) is 0 Å². The maximum absolute atomic E-state index is 9.90. The lowest BCUT2D eigenvalue weighted by atomic mass is 9.93. The lowest BCUT2D eigenvalue weighted by Gasteiger charge is -2.29. The molecule has 0 unspecified atom stereocenters. The molecule has 23 heavy (non-hydrogen) atoms. The SMILES string of the molecule is N#Cc1ccc(OCCN[C@@]2(CO)CCc3ccccc32)cc1. The highest BCUT2D eigenvalue weighted by Crippen LogP contribution is 2.36. The Bertz CT molecular complexity index is 706. The van der Waals surface area contributed by atoms with Crippen molar-refractivity contribution in [3.05, 3.63) is 65.2 Å². The quantitative estimate of drug-likeness (QED) is 0.804. The van der Waals surface area contributed by atoms with Gasteiger partial charge in [0.15, 0.2) is 0 Å². The summed E-state index contributed by atoms with van der Waals surface area (Å²) in [5, 5.41) is 22.1. The second-order valence-electron chi connectivity index (χ2n) is 5.81. The summed E-state index contributed by atoms with van der Waals surface area (Å²) in [5.74, 6) is 0.746. The van der Waals surface area contributed by atoms with Gasteiger partial charge in [-0.05, 0) is 48.2 Å². The summed E-state index contributed by atoms with van der Waals surface area (Å²) < 4.78 is 5.69. The van der Waals surface area contributed by atoms with E-state index in [0.29, 0.717) is 18.7 Å². The van der Waals surface area contributed by atoms with Crippen molar-refractivity contribution in [2.75, 3.05) is 19.8 Å². The van der Waals surface area contributed by atoms with Gasteiger partial charge in [0.05, 0.1) is 23.8 Å².